The first kappa shape index (κ1) is 16.2. The Kier molecular flexibility index (Phi) is 5.75. The number of carbonyl (C=O) groups is 1. The lowest BCUT2D eigenvalue weighted by Crippen LogP contribution is -2.42. The molecule has 1 aromatic rings. The molecule has 0 saturated carbocycles. The van der Waals surface area contributed by atoms with Gasteiger partial charge < -0.3 is 15.0 Å². The zero-order valence-electron chi connectivity index (χ0n) is 12.1. The molecule has 0 aliphatic carbocycles. The number of benzene rings is 1. The molecule has 0 bridgehead atoms. The van der Waals surface area contributed by atoms with Crippen LogP contribution in [-0.2, 0) is 6.54 Å². The molecule has 0 unspecified atom stereocenters. The van der Waals surface area contributed by atoms with Crippen molar-refractivity contribution in [2.75, 3.05) is 13.1 Å². The number of carboxylic acid groups (broad SMARTS) is 1. The zero-order chi connectivity index (χ0) is 15.2. The maximum absolute atomic E-state index is 12.7. The monoisotopic (exact) mass is 275 g/mol. The van der Waals surface area contributed by atoms with Crippen molar-refractivity contribution in [3.63, 3.8) is 0 Å². The van der Waals surface area contributed by atoms with Crippen molar-refractivity contribution >= 4 is 5.97 Å². The Bertz CT molecular complexity index is 511. The van der Waals surface area contributed by atoms with Crippen molar-refractivity contribution in [2.24, 2.45) is 0 Å². The second-order valence-electron chi connectivity index (χ2n) is 5.03. The van der Waals surface area contributed by atoms with Crippen LogP contribution in [0.1, 0.15) is 48.2 Å². The second kappa shape index (κ2) is 7.09. The molecule has 4 heteroatoms. The number of hydrogen-bond donors (Lipinski definition) is 1. The minimum absolute atomic E-state index is 0.134. The molecule has 1 aromatic carbocycles. The van der Waals surface area contributed by atoms with Crippen LogP contribution in [0.25, 0.3) is 0 Å². The number of carboxylic acids is 1. The lowest BCUT2D eigenvalue weighted by molar-refractivity contribution is -0.894. The zero-order valence-corrected chi connectivity index (χ0v) is 12.1. The highest BCUT2D eigenvalue weighted by molar-refractivity contribution is 5.88. The van der Waals surface area contributed by atoms with Crippen molar-refractivity contribution in [1.82, 2.24) is 0 Å². The smallest absolute Gasteiger partial charge is 0.335 e. The van der Waals surface area contributed by atoms with E-state index in [0.29, 0.717) is 24.2 Å². The van der Waals surface area contributed by atoms with Gasteiger partial charge in [-0.1, -0.05) is 19.8 Å². The van der Waals surface area contributed by atoms with Crippen LogP contribution in [0.15, 0.2) is 18.2 Å². The number of quaternary nitrogens is 1. The van der Waals surface area contributed by atoms with Crippen LogP contribution in [0, 0.1) is 17.6 Å². The molecule has 0 atom stereocenters. The number of hydroxylamine groups is 3. The van der Waals surface area contributed by atoms with Gasteiger partial charge in [0, 0.05) is 11.1 Å². The quantitative estimate of drug-likeness (QED) is 0.473. The van der Waals surface area contributed by atoms with Gasteiger partial charge in [0.05, 0.1) is 18.7 Å². The first-order chi connectivity index (χ1) is 9.44. The predicted octanol–water partition coefficient (Wildman–Crippen LogP) is 3.00. The normalized spacial score (nSPS) is 11.1. The summed E-state index contributed by atoms with van der Waals surface area (Å²) in [5.74, 6) is 1.41. The van der Waals surface area contributed by atoms with E-state index >= 15 is 0 Å². The average molecular weight is 275 g/mol. The molecule has 0 aliphatic rings. The van der Waals surface area contributed by atoms with Gasteiger partial charge in [0.2, 0.25) is 0 Å². The van der Waals surface area contributed by atoms with Crippen LogP contribution < -0.4 is 0 Å². The van der Waals surface area contributed by atoms with E-state index in [1.54, 1.807) is 12.1 Å². The average Bonchev–Trinajstić information content (AvgIpc) is 2.38. The van der Waals surface area contributed by atoms with Gasteiger partial charge in [0.1, 0.15) is 6.54 Å². The van der Waals surface area contributed by atoms with Gasteiger partial charge in [0.25, 0.3) is 0 Å². The van der Waals surface area contributed by atoms with Crippen molar-refractivity contribution in [3.8, 4) is 12.3 Å². The summed E-state index contributed by atoms with van der Waals surface area (Å²) in [4.78, 5) is 11.1. The van der Waals surface area contributed by atoms with Gasteiger partial charge in [0.15, 0.2) is 0 Å². The summed E-state index contributed by atoms with van der Waals surface area (Å²) >= 11 is 0. The van der Waals surface area contributed by atoms with Gasteiger partial charge in [-0.2, -0.15) is 0 Å². The first-order valence-electron chi connectivity index (χ1n) is 6.85. The van der Waals surface area contributed by atoms with E-state index in [4.69, 9.17) is 11.5 Å². The molecular formula is C16H21NO3. The van der Waals surface area contributed by atoms with E-state index in [1.165, 1.54) is 6.07 Å². The van der Waals surface area contributed by atoms with Crippen LogP contribution in [0.2, 0.25) is 0 Å². The molecule has 0 amide bonds. The van der Waals surface area contributed by atoms with Crippen LogP contribution in [0.5, 0.6) is 0 Å². The molecule has 0 heterocycles. The maximum Gasteiger partial charge on any atom is 0.335 e. The summed E-state index contributed by atoms with van der Waals surface area (Å²) in [6.45, 7) is 5.26. The fourth-order valence-corrected chi connectivity index (χ4v) is 2.41. The fourth-order valence-electron chi connectivity index (χ4n) is 2.41. The van der Waals surface area contributed by atoms with E-state index < -0.39 is 5.97 Å². The summed E-state index contributed by atoms with van der Waals surface area (Å²) in [5.41, 5.74) is 1.32. The summed E-state index contributed by atoms with van der Waals surface area (Å²) in [7, 11) is 0. The number of rotatable bonds is 7. The minimum Gasteiger partial charge on any atom is -0.633 e. The molecule has 0 saturated heterocycles. The highest BCUT2D eigenvalue weighted by Crippen LogP contribution is 2.18. The Hall–Kier alpha value is -1.83. The predicted molar refractivity (Wildman–Crippen MR) is 79.0 cm³/mol. The Morgan fingerprint density at radius 3 is 2.35 bits per heavy atom. The molecule has 4 nitrogen and oxygen atoms in total. The van der Waals surface area contributed by atoms with Crippen LogP contribution in [-0.4, -0.2) is 28.8 Å². The Balaban J connectivity index is 3.09. The molecule has 0 aliphatic heterocycles. The molecule has 1 N–H and O–H groups in total. The Labute approximate surface area is 120 Å². The second-order valence-corrected chi connectivity index (χ2v) is 5.03. The van der Waals surface area contributed by atoms with Crippen LogP contribution in [0.4, 0.5) is 0 Å². The lowest BCUT2D eigenvalue weighted by atomic mass is 10.1. The van der Waals surface area contributed by atoms with E-state index in [9.17, 15) is 10.0 Å². The highest BCUT2D eigenvalue weighted by Gasteiger charge is 2.17. The van der Waals surface area contributed by atoms with E-state index in [-0.39, 0.29) is 16.8 Å². The summed E-state index contributed by atoms with van der Waals surface area (Å²) in [6, 6.07) is 4.72. The summed E-state index contributed by atoms with van der Waals surface area (Å²) in [6.07, 6.45) is 6.93. The molecule has 0 fully saturated rings. The van der Waals surface area contributed by atoms with Crippen LogP contribution >= 0.6 is 0 Å². The fraction of sp³-hybridized carbons (Fsp3) is 0.438. The first-order valence-corrected chi connectivity index (χ1v) is 6.85. The van der Waals surface area contributed by atoms with E-state index in [0.717, 1.165) is 12.8 Å². The number of hydrogen-bond acceptors (Lipinski definition) is 2. The van der Waals surface area contributed by atoms with Gasteiger partial charge in [-0.3, -0.25) is 0 Å². The topological polar surface area (TPSA) is 60.4 Å². The maximum atomic E-state index is 12.7. The van der Waals surface area contributed by atoms with Crippen LogP contribution in [0.3, 0.4) is 0 Å². The Morgan fingerprint density at radius 1 is 1.30 bits per heavy atom. The highest BCUT2D eigenvalue weighted by atomic mass is 16.5. The Morgan fingerprint density at radius 2 is 1.90 bits per heavy atom. The van der Waals surface area contributed by atoms with Gasteiger partial charge in [-0.15, -0.1) is 6.42 Å². The molecule has 0 aromatic heterocycles. The van der Waals surface area contributed by atoms with E-state index in [1.807, 2.05) is 13.8 Å². The number of nitrogens with zero attached hydrogens (tertiary/aromatic N) is 1. The molecular weight excluding hydrogens is 254 g/mol. The third-order valence-corrected chi connectivity index (χ3v) is 3.14. The van der Waals surface area contributed by atoms with Gasteiger partial charge in [-0.25, -0.2) is 4.79 Å². The molecule has 0 spiro atoms. The minimum atomic E-state index is -1.03. The van der Waals surface area contributed by atoms with Crippen molar-refractivity contribution < 1.29 is 14.5 Å². The molecule has 108 valence electrons. The lowest BCUT2D eigenvalue weighted by Gasteiger charge is -2.42. The SMILES string of the molecule is C#Cc1cc(C[N+]([O-])(CCC)CCC)cc(C(=O)O)c1. The number of aromatic carboxylic acids is 1. The van der Waals surface area contributed by atoms with Crippen molar-refractivity contribution in [3.05, 3.63) is 40.1 Å². The third-order valence-electron chi connectivity index (χ3n) is 3.14. The molecule has 0 radical (unpaired) electrons. The summed E-state index contributed by atoms with van der Waals surface area (Å²) < 4.78 is -0.333. The largest absolute Gasteiger partial charge is 0.633 e. The van der Waals surface area contributed by atoms with Crippen molar-refractivity contribution in [1.29, 1.82) is 0 Å². The number of terminal acetylenes is 1. The standard InChI is InChI=1S/C16H21NO3/c1-4-7-17(20,8-5-2)12-14-9-13(6-3)10-15(11-14)16(18)19/h3,9-11H,4-5,7-8,12H2,1-2H3,(H,18,19). The summed E-state index contributed by atoms with van der Waals surface area (Å²) in [5, 5.41) is 21.8. The van der Waals surface area contributed by atoms with Gasteiger partial charge in [-0.05, 0) is 31.0 Å². The van der Waals surface area contributed by atoms with Crippen molar-refractivity contribution in [2.45, 2.75) is 33.2 Å². The van der Waals surface area contributed by atoms with E-state index in [2.05, 4.69) is 5.92 Å². The van der Waals surface area contributed by atoms with Gasteiger partial charge >= 0.3 is 5.97 Å². The molecule has 1 rings (SSSR count). The molecule has 20 heavy (non-hydrogen) atoms. The third kappa shape index (κ3) is 4.37.